The van der Waals surface area contributed by atoms with E-state index in [-0.39, 0.29) is 5.91 Å². The van der Waals surface area contributed by atoms with Crippen LogP contribution in [0.25, 0.3) is 32.9 Å². The molecule has 5 nitrogen and oxygen atoms in total. The monoisotopic (exact) mass is 438 g/mol. The number of nitrogens with one attached hydrogen (secondary N) is 2. The van der Waals surface area contributed by atoms with Crippen LogP contribution in [0.4, 0.5) is 0 Å². The van der Waals surface area contributed by atoms with Crippen LogP contribution in [-0.4, -0.2) is 24.6 Å². The average molecular weight is 439 g/mol. The fourth-order valence-electron chi connectivity index (χ4n) is 5.69. The topological polar surface area (TPSA) is 63.4 Å². The second kappa shape index (κ2) is 7.09. The van der Waals surface area contributed by atoms with Gasteiger partial charge in [0, 0.05) is 35.0 Å². The highest BCUT2D eigenvalue weighted by atomic mass is 16.5. The minimum absolute atomic E-state index is 0.0325. The van der Waals surface area contributed by atoms with Crippen LogP contribution >= 0.6 is 0 Å². The first-order valence-corrected chi connectivity index (χ1v) is 11.9. The molecule has 1 aromatic heterocycles. The van der Waals surface area contributed by atoms with Crippen molar-refractivity contribution in [2.45, 2.75) is 38.8 Å². The Balaban J connectivity index is 1.44. The van der Waals surface area contributed by atoms with Gasteiger partial charge in [0.2, 0.25) is 0 Å². The van der Waals surface area contributed by atoms with Crippen molar-refractivity contribution in [1.29, 1.82) is 0 Å². The summed E-state index contributed by atoms with van der Waals surface area (Å²) in [5.41, 5.74) is 10.2. The number of ether oxygens (including phenoxy) is 2. The van der Waals surface area contributed by atoms with Crippen molar-refractivity contribution in [3.8, 4) is 16.9 Å². The highest BCUT2D eigenvalue weighted by Gasteiger charge is 2.33. The highest BCUT2D eigenvalue weighted by molar-refractivity contribution is 6.19. The second-order valence-electron chi connectivity index (χ2n) is 9.63. The second-order valence-corrected chi connectivity index (χ2v) is 9.63. The molecule has 33 heavy (non-hydrogen) atoms. The zero-order valence-corrected chi connectivity index (χ0v) is 18.7. The highest BCUT2D eigenvalue weighted by Crippen LogP contribution is 2.46. The summed E-state index contributed by atoms with van der Waals surface area (Å²) >= 11 is 0. The smallest absolute Gasteiger partial charge is 0.252 e. The molecule has 0 saturated heterocycles. The van der Waals surface area contributed by atoms with Crippen molar-refractivity contribution in [2.24, 2.45) is 5.92 Å². The Morgan fingerprint density at radius 2 is 1.94 bits per heavy atom. The third-order valence-electron chi connectivity index (χ3n) is 7.52. The van der Waals surface area contributed by atoms with E-state index in [1.165, 1.54) is 45.8 Å². The summed E-state index contributed by atoms with van der Waals surface area (Å²) in [5, 5.41) is 5.48. The number of carbonyl (C=O) groups is 1. The maximum absolute atomic E-state index is 13.1. The van der Waals surface area contributed by atoms with Crippen molar-refractivity contribution in [2.75, 3.05) is 13.7 Å². The molecule has 0 atom stereocenters. The first-order chi connectivity index (χ1) is 16.2. The molecule has 166 valence electrons. The third-order valence-corrected chi connectivity index (χ3v) is 7.52. The summed E-state index contributed by atoms with van der Waals surface area (Å²) in [6.45, 7) is 2.06. The normalized spacial score (nSPS) is 16.6. The van der Waals surface area contributed by atoms with E-state index in [0.29, 0.717) is 13.2 Å². The molecule has 2 heterocycles. The van der Waals surface area contributed by atoms with Gasteiger partial charge in [-0.1, -0.05) is 12.1 Å². The lowest BCUT2D eigenvalue weighted by molar-refractivity contribution is 0.0966. The number of amides is 1. The zero-order valence-electron chi connectivity index (χ0n) is 18.7. The minimum atomic E-state index is 0.0325. The molecule has 0 unspecified atom stereocenters. The molecule has 4 aromatic rings. The largest absolute Gasteiger partial charge is 0.497 e. The number of aromatic nitrogens is 1. The summed E-state index contributed by atoms with van der Waals surface area (Å²) in [7, 11) is 1.70. The van der Waals surface area contributed by atoms with Gasteiger partial charge in [-0.2, -0.15) is 0 Å². The number of hydrogen-bond donors (Lipinski definition) is 2. The molecule has 3 aliphatic rings. The van der Waals surface area contributed by atoms with Crippen LogP contribution in [0.5, 0.6) is 5.75 Å². The van der Waals surface area contributed by atoms with Gasteiger partial charge in [0.25, 0.3) is 5.91 Å². The number of aryl methyl sites for hydroxylation is 2. The Kier molecular flexibility index (Phi) is 4.12. The maximum atomic E-state index is 13.1. The van der Waals surface area contributed by atoms with E-state index >= 15 is 0 Å². The Morgan fingerprint density at radius 1 is 1.03 bits per heavy atom. The molecule has 1 saturated carbocycles. The van der Waals surface area contributed by atoms with Crippen LogP contribution in [0, 0.1) is 5.92 Å². The van der Waals surface area contributed by atoms with E-state index in [1.807, 2.05) is 6.07 Å². The van der Waals surface area contributed by atoms with Crippen molar-refractivity contribution in [1.82, 2.24) is 10.3 Å². The molecule has 3 aromatic carbocycles. The molecule has 1 fully saturated rings. The van der Waals surface area contributed by atoms with E-state index < -0.39 is 0 Å². The Morgan fingerprint density at radius 3 is 2.79 bits per heavy atom. The quantitative estimate of drug-likeness (QED) is 0.446. The number of fused-ring (bicyclic) bond motifs is 10. The molecule has 7 rings (SSSR count). The van der Waals surface area contributed by atoms with Crippen molar-refractivity contribution < 1.29 is 14.3 Å². The fraction of sp³-hybridized carbons (Fsp3) is 0.321. The fourth-order valence-corrected chi connectivity index (χ4v) is 5.69. The van der Waals surface area contributed by atoms with Gasteiger partial charge >= 0.3 is 0 Å². The predicted octanol–water partition coefficient (Wildman–Crippen LogP) is 5.27. The van der Waals surface area contributed by atoms with Gasteiger partial charge < -0.3 is 19.8 Å². The van der Waals surface area contributed by atoms with Gasteiger partial charge in [-0.05, 0) is 83.7 Å². The molecule has 5 heteroatoms. The van der Waals surface area contributed by atoms with E-state index in [1.54, 1.807) is 7.11 Å². The van der Waals surface area contributed by atoms with E-state index in [9.17, 15) is 4.79 Å². The molecule has 2 aliphatic carbocycles. The van der Waals surface area contributed by atoms with Crippen LogP contribution in [0.3, 0.4) is 0 Å². The number of H-pyrrole nitrogens is 1. The van der Waals surface area contributed by atoms with Gasteiger partial charge in [0.1, 0.15) is 5.75 Å². The first-order valence-electron chi connectivity index (χ1n) is 11.9. The molecule has 1 amide bonds. The van der Waals surface area contributed by atoms with Gasteiger partial charge in [-0.3, -0.25) is 4.79 Å². The lowest BCUT2D eigenvalue weighted by Gasteiger charge is -2.23. The van der Waals surface area contributed by atoms with E-state index in [4.69, 9.17) is 9.47 Å². The van der Waals surface area contributed by atoms with Crippen molar-refractivity contribution >= 4 is 27.7 Å². The van der Waals surface area contributed by atoms with Gasteiger partial charge in [0.05, 0.1) is 24.8 Å². The predicted molar refractivity (Wildman–Crippen MR) is 129 cm³/mol. The third kappa shape index (κ3) is 2.92. The number of rotatable bonds is 5. The van der Waals surface area contributed by atoms with Gasteiger partial charge in [-0.15, -0.1) is 0 Å². The number of aromatic amines is 1. The van der Waals surface area contributed by atoms with Crippen molar-refractivity contribution in [3.05, 3.63) is 64.2 Å². The molecular formula is C28H26N2O3. The Bertz CT molecular complexity index is 1460. The van der Waals surface area contributed by atoms with Crippen LogP contribution in [-0.2, 0) is 30.7 Å². The summed E-state index contributed by atoms with van der Waals surface area (Å²) < 4.78 is 11.4. The number of carbonyl (C=O) groups excluding carboxylic acids is 1. The number of benzene rings is 3. The zero-order chi connectivity index (χ0) is 22.1. The Labute approximate surface area is 192 Å². The Hall–Kier alpha value is -3.31. The van der Waals surface area contributed by atoms with Gasteiger partial charge in [-0.25, -0.2) is 0 Å². The van der Waals surface area contributed by atoms with Gasteiger partial charge in [0.15, 0.2) is 0 Å². The van der Waals surface area contributed by atoms with E-state index in [2.05, 4.69) is 40.6 Å². The molecule has 0 radical (unpaired) electrons. The number of hydrogen-bond acceptors (Lipinski definition) is 3. The van der Waals surface area contributed by atoms with Crippen LogP contribution in [0.15, 0.2) is 36.4 Å². The average Bonchev–Trinajstić information content (AvgIpc) is 3.47. The van der Waals surface area contributed by atoms with Crippen LogP contribution in [0.2, 0.25) is 0 Å². The standard InChI is InChI=1S/C28H26N2O3/c1-32-18-6-8-19-17(11-18)5-7-20-24(19)26-22(12-29-28(26)31)25-21-10-16(14-33-13-15-2-3-15)4-9-23(21)30-27(20)25/h4,6,8-11,15,30H,2-3,5,7,12-14H2,1H3,(H,29,31). The summed E-state index contributed by atoms with van der Waals surface area (Å²) in [6.07, 6.45) is 4.44. The first kappa shape index (κ1) is 19.2. The molecule has 0 spiro atoms. The molecule has 1 aliphatic heterocycles. The molecular weight excluding hydrogens is 412 g/mol. The molecule has 0 bridgehead atoms. The lowest BCUT2D eigenvalue weighted by atomic mass is 9.80. The summed E-state index contributed by atoms with van der Waals surface area (Å²) in [6, 6.07) is 12.8. The molecule has 2 N–H and O–H groups in total. The maximum Gasteiger partial charge on any atom is 0.252 e. The summed E-state index contributed by atoms with van der Waals surface area (Å²) in [4.78, 5) is 16.8. The summed E-state index contributed by atoms with van der Waals surface area (Å²) in [5.74, 6) is 1.66. The van der Waals surface area contributed by atoms with E-state index in [0.717, 1.165) is 58.9 Å². The number of methoxy groups -OCH3 is 1. The van der Waals surface area contributed by atoms with Crippen molar-refractivity contribution in [3.63, 3.8) is 0 Å². The lowest BCUT2D eigenvalue weighted by Crippen LogP contribution is -2.15. The van der Waals surface area contributed by atoms with Crippen LogP contribution in [0.1, 0.15) is 45.5 Å². The minimum Gasteiger partial charge on any atom is -0.497 e. The SMILES string of the molecule is COc1ccc2c(c1)CCc1c-2c2c(c3c1[nH]c1ccc(COCC4CC4)cc13)CNC2=O. The van der Waals surface area contributed by atoms with Crippen LogP contribution < -0.4 is 10.1 Å².